The number of hydrogen-bond acceptors (Lipinski definition) is 5. The summed E-state index contributed by atoms with van der Waals surface area (Å²) < 4.78 is 9.37. The van der Waals surface area contributed by atoms with E-state index in [1.54, 1.807) is 12.1 Å². The van der Waals surface area contributed by atoms with Crippen molar-refractivity contribution in [2.75, 3.05) is 13.2 Å². The second-order valence-corrected chi connectivity index (χ2v) is 5.99. The summed E-state index contributed by atoms with van der Waals surface area (Å²) in [5.41, 5.74) is 1.23. The Morgan fingerprint density at radius 3 is 2.95 bits per heavy atom. The number of nitrogens with zero attached hydrogens (tertiary/aromatic N) is 2. The fourth-order valence-electron chi connectivity index (χ4n) is 2.23. The predicted octanol–water partition coefficient (Wildman–Crippen LogP) is 2.77. The Kier molecular flexibility index (Phi) is 4.48. The van der Waals surface area contributed by atoms with Gasteiger partial charge in [0.2, 0.25) is 0 Å². The third kappa shape index (κ3) is 3.40. The number of aromatic nitrogens is 2. The van der Waals surface area contributed by atoms with Crippen molar-refractivity contribution in [2.45, 2.75) is 18.9 Å². The highest BCUT2D eigenvalue weighted by Crippen LogP contribution is 2.27. The molecule has 1 N–H and O–H groups in total. The summed E-state index contributed by atoms with van der Waals surface area (Å²) in [6.45, 7) is 1.28. The molecular formula is C14H14ClN3O2S. The standard InChI is InChI=1S/C14H14ClN3O2S/c15-10-5-3-9(4-6-10)13-12(17-18-21-13)14(19)16-8-11-2-1-7-20-11/h3-6,11H,1-2,7-8H2,(H,16,19)/t11-/m1/s1. The van der Waals surface area contributed by atoms with Gasteiger partial charge in [0.15, 0.2) is 5.69 Å². The van der Waals surface area contributed by atoms with Gasteiger partial charge in [0.25, 0.3) is 5.91 Å². The topological polar surface area (TPSA) is 64.1 Å². The van der Waals surface area contributed by atoms with Gasteiger partial charge >= 0.3 is 0 Å². The van der Waals surface area contributed by atoms with Crippen molar-refractivity contribution in [2.24, 2.45) is 0 Å². The van der Waals surface area contributed by atoms with Crippen molar-refractivity contribution >= 4 is 29.0 Å². The van der Waals surface area contributed by atoms with Gasteiger partial charge in [-0.15, -0.1) is 5.10 Å². The van der Waals surface area contributed by atoms with Gasteiger partial charge in [-0.1, -0.05) is 28.2 Å². The van der Waals surface area contributed by atoms with Gasteiger partial charge in [0.1, 0.15) is 0 Å². The van der Waals surface area contributed by atoms with E-state index in [9.17, 15) is 4.79 Å². The maximum absolute atomic E-state index is 12.2. The van der Waals surface area contributed by atoms with Gasteiger partial charge in [-0.2, -0.15) is 0 Å². The second-order valence-electron chi connectivity index (χ2n) is 4.80. The molecule has 1 aliphatic rings. The number of halogens is 1. The first-order chi connectivity index (χ1) is 10.2. The molecule has 0 spiro atoms. The normalized spacial score (nSPS) is 17.9. The molecule has 7 heteroatoms. The van der Waals surface area contributed by atoms with E-state index in [4.69, 9.17) is 16.3 Å². The maximum Gasteiger partial charge on any atom is 0.273 e. The van der Waals surface area contributed by atoms with Crippen LogP contribution in [0, 0.1) is 0 Å². The highest BCUT2D eigenvalue weighted by atomic mass is 35.5. The first kappa shape index (κ1) is 14.4. The second kappa shape index (κ2) is 6.51. The Morgan fingerprint density at radius 2 is 2.24 bits per heavy atom. The molecule has 3 rings (SSSR count). The third-order valence-electron chi connectivity index (χ3n) is 3.32. The van der Waals surface area contributed by atoms with Gasteiger partial charge in [0.05, 0.1) is 11.0 Å². The number of amides is 1. The molecule has 1 amide bonds. The average Bonchev–Trinajstić information content (AvgIpc) is 3.17. The summed E-state index contributed by atoms with van der Waals surface area (Å²) in [4.78, 5) is 13.0. The Morgan fingerprint density at radius 1 is 1.43 bits per heavy atom. The van der Waals surface area contributed by atoms with Crippen LogP contribution < -0.4 is 5.32 Å². The lowest BCUT2D eigenvalue weighted by Gasteiger charge is -2.10. The molecule has 0 radical (unpaired) electrons. The van der Waals surface area contributed by atoms with Crippen LogP contribution in [0.3, 0.4) is 0 Å². The minimum atomic E-state index is -0.218. The number of rotatable bonds is 4. The Bertz CT molecular complexity index is 623. The molecule has 110 valence electrons. The molecule has 1 aromatic carbocycles. The van der Waals surface area contributed by atoms with Crippen LogP contribution in [0.2, 0.25) is 5.02 Å². The van der Waals surface area contributed by atoms with E-state index < -0.39 is 0 Å². The molecule has 1 atom stereocenters. The molecule has 0 aliphatic carbocycles. The molecule has 2 aromatic rings. The highest BCUT2D eigenvalue weighted by molar-refractivity contribution is 7.09. The number of carbonyl (C=O) groups is 1. The first-order valence-corrected chi connectivity index (χ1v) is 7.87. The summed E-state index contributed by atoms with van der Waals surface area (Å²) in [6.07, 6.45) is 2.15. The molecule has 0 saturated carbocycles. The lowest BCUT2D eigenvalue weighted by molar-refractivity contribution is 0.0854. The number of nitrogens with one attached hydrogen (secondary N) is 1. The van der Waals surface area contributed by atoms with Gasteiger partial charge in [0, 0.05) is 18.2 Å². The van der Waals surface area contributed by atoms with Crippen LogP contribution in [0.1, 0.15) is 23.3 Å². The van der Waals surface area contributed by atoms with Crippen molar-refractivity contribution in [1.82, 2.24) is 14.9 Å². The summed E-state index contributed by atoms with van der Waals surface area (Å²) in [6, 6.07) is 7.28. The van der Waals surface area contributed by atoms with Crippen LogP contribution in [0.25, 0.3) is 10.4 Å². The largest absolute Gasteiger partial charge is 0.376 e. The predicted molar refractivity (Wildman–Crippen MR) is 81.7 cm³/mol. The summed E-state index contributed by atoms with van der Waals surface area (Å²) in [5, 5.41) is 7.46. The lowest BCUT2D eigenvalue weighted by Crippen LogP contribution is -2.32. The number of carbonyl (C=O) groups excluding carboxylic acids is 1. The Labute approximate surface area is 131 Å². The molecule has 1 aliphatic heterocycles. The number of ether oxygens (including phenoxy) is 1. The molecular weight excluding hydrogens is 310 g/mol. The van der Waals surface area contributed by atoms with Crippen LogP contribution in [0.15, 0.2) is 24.3 Å². The SMILES string of the molecule is O=C(NC[C@H]1CCCO1)c1nnsc1-c1ccc(Cl)cc1. The fourth-order valence-corrected chi connectivity index (χ4v) is 3.02. The van der Waals surface area contributed by atoms with E-state index in [1.807, 2.05) is 12.1 Å². The van der Waals surface area contributed by atoms with E-state index in [2.05, 4.69) is 14.9 Å². The van der Waals surface area contributed by atoms with Crippen molar-refractivity contribution in [1.29, 1.82) is 0 Å². The smallest absolute Gasteiger partial charge is 0.273 e. The molecule has 1 saturated heterocycles. The third-order valence-corrected chi connectivity index (χ3v) is 4.35. The zero-order valence-electron chi connectivity index (χ0n) is 11.2. The van der Waals surface area contributed by atoms with E-state index >= 15 is 0 Å². The van der Waals surface area contributed by atoms with Crippen LogP contribution in [0.4, 0.5) is 0 Å². The fraction of sp³-hybridized carbons (Fsp3) is 0.357. The maximum atomic E-state index is 12.2. The monoisotopic (exact) mass is 323 g/mol. The Balaban J connectivity index is 1.72. The zero-order valence-corrected chi connectivity index (χ0v) is 12.8. The van der Waals surface area contributed by atoms with E-state index in [0.717, 1.165) is 29.9 Å². The van der Waals surface area contributed by atoms with Crippen LogP contribution in [-0.4, -0.2) is 34.7 Å². The highest BCUT2D eigenvalue weighted by Gasteiger charge is 2.21. The van der Waals surface area contributed by atoms with E-state index in [0.29, 0.717) is 17.3 Å². The summed E-state index contributed by atoms with van der Waals surface area (Å²) in [5.74, 6) is -0.218. The average molecular weight is 324 g/mol. The molecule has 1 aromatic heterocycles. The summed E-state index contributed by atoms with van der Waals surface area (Å²) >= 11 is 7.08. The van der Waals surface area contributed by atoms with Crippen LogP contribution >= 0.6 is 23.1 Å². The first-order valence-electron chi connectivity index (χ1n) is 6.72. The Hall–Kier alpha value is -1.50. The van der Waals surface area contributed by atoms with Crippen molar-refractivity contribution in [3.05, 3.63) is 35.0 Å². The van der Waals surface area contributed by atoms with Crippen LogP contribution in [-0.2, 0) is 4.74 Å². The molecule has 2 heterocycles. The number of hydrogen-bond donors (Lipinski definition) is 1. The van der Waals surface area contributed by atoms with Crippen molar-refractivity contribution < 1.29 is 9.53 Å². The van der Waals surface area contributed by atoms with Crippen molar-refractivity contribution in [3.63, 3.8) is 0 Å². The lowest BCUT2D eigenvalue weighted by atomic mass is 10.1. The molecule has 1 fully saturated rings. The van der Waals surface area contributed by atoms with Crippen molar-refractivity contribution in [3.8, 4) is 10.4 Å². The minimum absolute atomic E-state index is 0.111. The molecule has 0 bridgehead atoms. The molecule has 5 nitrogen and oxygen atoms in total. The van der Waals surface area contributed by atoms with Gasteiger partial charge in [-0.25, -0.2) is 0 Å². The van der Waals surface area contributed by atoms with E-state index in [-0.39, 0.29) is 12.0 Å². The van der Waals surface area contributed by atoms with Gasteiger partial charge < -0.3 is 10.1 Å². The molecule has 0 unspecified atom stereocenters. The van der Waals surface area contributed by atoms with E-state index in [1.165, 1.54) is 11.5 Å². The zero-order chi connectivity index (χ0) is 14.7. The minimum Gasteiger partial charge on any atom is -0.376 e. The van der Waals surface area contributed by atoms with Gasteiger partial charge in [-0.3, -0.25) is 4.79 Å². The summed E-state index contributed by atoms with van der Waals surface area (Å²) in [7, 11) is 0. The molecule has 21 heavy (non-hydrogen) atoms. The van der Waals surface area contributed by atoms with Crippen LogP contribution in [0.5, 0.6) is 0 Å². The quantitative estimate of drug-likeness (QED) is 0.939. The number of benzene rings is 1. The van der Waals surface area contributed by atoms with Gasteiger partial charge in [-0.05, 0) is 42.1 Å².